The van der Waals surface area contributed by atoms with Gasteiger partial charge in [0.15, 0.2) is 0 Å². The quantitative estimate of drug-likeness (QED) is 0.520. The topological polar surface area (TPSA) is 80.5 Å². The molecule has 144 valence electrons. The second-order valence-electron chi connectivity index (χ2n) is 6.84. The van der Waals surface area contributed by atoms with Crippen molar-refractivity contribution in [2.75, 3.05) is 38.2 Å². The third-order valence-corrected chi connectivity index (χ3v) is 5.05. The molecule has 3 aromatic rings. The van der Waals surface area contributed by atoms with E-state index in [1.165, 1.54) is 17.8 Å². The van der Waals surface area contributed by atoms with Crippen LogP contribution >= 0.6 is 0 Å². The molecule has 0 aliphatic carbocycles. The highest BCUT2D eigenvalue weighted by Crippen LogP contribution is 2.32. The second kappa shape index (κ2) is 8.33. The summed E-state index contributed by atoms with van der Waals surface area (Å²) in [7, 11) is 0. The lowest BCUT2D eigenvalue weighted by molar-refractivity contribution is -0.383. The minimum absolute atomic E-state index is 0.0621. The largest absolute Gasteiger partial charge is 0.379 e. The maximum atomic E-state index is 11.2. The van der Waals surface area contributed by atoms with Gasteiger partial charge in [0.25, 0.3) is 5.69 Å². The van der Waals surface area contributed by atoms with E-state index in [-0.39, 0.29) is 10.6 Å². The molecule has 1 aromatic heterocycles. The maximum absolute atomic E-state index is 11.2. The summed E-state index contributed by atoms with van der Waals surface area (Å²) in [5, 5.41) is 15.9. The number of rotatable bonds is 6. The van der Waals surface area contributed by atoms with Crippen LogP contribution in [0.25, 0.3) is 10.8 Å². The fraction of sp³-hybridized carbons (Fsp3) is 0.286. The number of benzene rings is 2. The van der Waals surface area contributed by atoms with Gasteiger partial charge in [-0.05, 0) is 36.2 Å². The first-order valence-corrected chi connectivity index (χ1v) is 9.38. The third-order valence-electron chi connectivity index (χ3n) is 5.05. The molecular formula is C21H22N4O3. The van der Waals surface area contributed by atoms with Gasteiger partial charge in [-0.25, -0.2) is 0 Å². The van der Waals surface area contributed by atoms with Gasteiger partial charge in [-0.2, -0.15) is 0 Å². The van der Waals surface area contributed by atoms with Gasteiger partial charge < -0.3 is 10.1 Å². The Morgan fingerprint density at radius 3 is 2.61 bits per heavy atom. The van der Waals surface area contributed by atoms with Crippen LogP contribution in [0.3, 0.4) is 0 Å². The van der Waals surface area contributed by atoms with Crippen molar-refractivity contribution in [3.63, 3.8) is 0 Å². The zero-order valence-corrected chi connectivity index (χ0v) is 15.5. The molecule has 0 unspecified atom stereocenters. The zero-order chi connectivity index (χ0) is 19.3. The van der Waals surface area contributed by atoms with E-state index < -0.39 is 0 Å². The Morgan fingerprint density at radius 1 is 1.07 bits per heavy atom. The van der Waals surface area contributed by atoms with Crippen molar-refractivity contribution in [1.82, 2.24) is 9.88 Å². The van der Waals surface area contributed by atoms with Crippen LogP contribution in [0.2, 0.25) is 0 Å². The van der Waals surface area contributed by atoms with E-state index in [4.69, 9.17) is 4.74 Å². The number of hydrogen-bond donors (Lipinski definition) is 1. The third kappa shape index (κ3) is 4.11. The van der Waals surface area contributed by atoms with E-state index in [9.17, 15) is 10.1 Å². The molecule has 4 rings (SSSR count). The van der Waals surface area contributed by atoms with E-state index in [1.54, 1.807) is 18.3 Å². The first kappa shape index (κ1) is 18.3. The lowest BCUT2D eigenvalue weighted by Crippen LogP contribution is -2.37. The van der Waals surface area contributed by atoms with Gasteiger partial charge in [0.05, 0.1) is 23.5 Å². The molecule has 28 heavy (non-hydrogen) atoms. The van der Waals surface area contributed by atoms with E-state index in [0.29, 0.717) is 5.39 Å². The Kier molecular flexibility index (Phi) is 5.45. The highest BCUT2D eigenvalue weighted by molar-refractivity contribution is 6.00. The van der Waals surface area contributed by atoms with Crippen LogP contribution in [0.15, 0.2) is 54.9 Å². The predicted octanol–water partition coefficient (Wildman–Crippen LogP) is 3.76. The average Bonchev–Trinajstić information content (AvgIpc) is 2.74. The standard InChI is InChI=1S/C21H22N4O3/c26-25(27)21-6-5-20(18-7-9-22-15-19(18)21)23-17-3-1-16(2-4-17)8-10-24-11-13-28-14-12-24/h1-7,9,15,23H,8,10-14H2. The van der Waals surface area contributed by atoms with Crippen molar-refractivity contribution >= 4 is 27.8 Å². The van der Waals surface area contributed by atoms with Gasteiger partial charge in [0, 0.05) is 54.9 Å². The number of morpholine rings is 1. The molecule has 2 aromatic carbocycles. The van der Waals surface area contributed by atoms with Gasteiger partial charge in [-0.3, -0.25) is 20.0 Å². The number of fused-ring (bicyclic) bond motifs is 1. The van der Waals surface area contributed by atoms with Crippen LogP contribution in [-0.4, -0.2) is 47.7 Å². The number of anilines is 2. The number of nitro benzene ring substituents is 1. The highest BCUT2D eigenvalue weighted by Gasteiger charge is 2.14. The molecule has 0 radical (unpaired) electrons. The maximum Gasteiger partial charge on any atom is 0.278 e. The number of aromatic nitrogens is 1. The molecule has 1 fully saturated rings. The summed E-state index contributed by atoms with van der Waals surface area (Å²) in [6, 6.07) is 13.4. The minimum Gasteiger partial charge on any atom is -0.379 e. The molecule has 0 spiro atoms. The molecule has 1 aliphatic heterocycles. The lowest BCUT2D eigenvalue weighted by atomic mass is 10.1. The summed E-state index contributed by atoms with van der Waals surface area (Å²) in [5.41, 5.74) is 3.12. The first-order valence-electron chi connectivity index (χ1n) is 9.38. The molecule has 0 bridgehead atoms. The van der Waals surface area contributed by atoms with Crippen LogP contribution in [0.5, 0.6) is 0 Å². The molecular weight excluding hydrogens is 356 g/mol. The molecule has 0 amide bonds. The number of nitrogens with one attached hydrogen (secondary N) is 1. The smallest absolute Gasteiger partial charge is 0.278 e. The molecule has 1 aliphatic rings. The zero-order valence-electron chi connectivity index (χ0n) is 15.5. The van der Waals surface area contributed by atoms with Crippen LogP contribution in [-0.2, 0) is 11.2 Å². The Morgan fingerprint density at radius 2 is 1.86 bits per heavy atom. The van der Waals surface area contributed by atoms with Gasteiger partial charge in [0.1, 0.15) is 0 Å². The van der Waals surface area contributed by atoms with Crippen molar-refractivity contribution in [2.45, 2.75) is 6.42 Å². The van der Waals surface area contributed by atoms with Crippen LogP contribution < -0.4 is 5.32 Å². The predicted molar refractivity (Wildman–Crippen MR) is 109 cm³/mol. The van der Waals surface area contributed by atoms with Crippen molar-refractivity contribution in [3.05, 3.63) is 70.5 Å². The van der Waals surface area contributed by atoms with Gasteiger partial charge in [-0.1, -0.05) is 12.1 Å². The summed E-state index contributed by atoms with van der Waals surface area (Å²) in [6.07, 6.45) is 4.19. The van der Waals surface area contributed by atoms with E-state index in [1.807, 2.05) is 12.1 Å². The Labute approximate surface area is 163 Å². The summed E-state index contributed by atoms with van der Waals surface area (Å²) >= 11 is 0. The molecule has 7 heteroatoms. The fourth-order valence-corrected chi connectivity index (χ4v) is 3.47. The van der Waals surface area contributed by atoms with E-state index in [0.717, 1.165) is 56.0 Å². The molecule has 0 atom stereocenters. The van der Waals surface area contributed by atoms with Crippen molar-refractivity contribution in [2.24, 2.45) is 0 Å². The van der Waals surface area contributed by atoms with Crippen molar-refractivity contribution < 1.29 is 9.66 Å². The van der Waals surface area contributed by atoms with Gasteiger partial charge >= 0.3 is 0 Å². The van der Waals surface area contributed by atoms with Crippen LogP contribution in [0.4, 0.5) is 17.1 Å². The Bertz CT molecular complexity index is 969. The SMILES string of the molecule is O=[N+]([O-])c1ccc(Nc2ccc(CCN3CCOCC3)cc2)c2ccncc12. The summed E-state index contributed by atoms with van der Waals surface area (Å²) < 4.78 is 5.38. The Balaban J connectivity index is 1.47. The average molecular weight is 378 g/mol. The highest BCUT2D eigenvalue weighted by atomic mass is 16.6. The number of nitrogens with zero attached hydrogens (tertiary/aromatic N) is 3. The molecule has 7 nitrogen and oxygen atoms in total. The van der Waals surface area contributed by atoms with Crippen LogP contribution in [0.1, 0.15) is 5.56 Å². The number of hydrogen-bond acceptors (Lipinski definition) is 6. The van der Waals surface area contributed by atoms with E-state index >= 15 is 0 Å². The number of ether oxygens (including phenoxy) is 1. The van der Waals surface area contributed by atoms with Gasteiger partial charge in [0.2, 0.25) is 0 Å². The molecule has 1 N–H and O–H groups in total. The molecule has 2 heterocycles. The number of nitro groups is 1. The fourth-order valence-electron chi connectivity index (χ4n) is 3.47. The normalized spacial score (nSPS) is 14.9. The Hall–Kier alpha value is -3.03. The first-order chi connectivity index (χ1) is 13.7. The van der Waals surface area contributed by atoms with Crippen molar-refractivity contribution in [3.8, 4) is 0 Å². The lowest BCUT2D eigenvalue weighted by Gasteiger charge is -2.26. The van der Waals surface area contributed by atoms with Crippen molar-refractivity contribution in [1.29, 1.82) is 0 Å². The van der Waals surface area contributed by atoms with Crippen LogP contribution in [0, 0.1) is 10.1 Å². The van der Waals surface area contributed by atoms with Gasteiger partial charge in [-0.15, -0.1) is 0 Å². The summed E-state index contributed by atoms with van der Waals surface area (Å²) in [5.74, 6) is 0. The number of non-ortho nitro benzene ring substituents is 1. The molecule has 1 saturated heterocycles. The minimum atomic E-state index is -0.378. The monoisotopic (exact) mass is 378 g/mol. The molecule has 0 saturated carbocycles. The number of pyridine rings is 1. The summed E-state index contributed by atoms with van der Waals surface area (Å²) in [6.45, 7) is 4.68. The van der Waals surface area contributed by atoms with E-state index in [2.05, 4.69) is 27.3 Å². The summed E-state index contributed by atoms with van der Waals surface area (Å²) in [4.78, 5) is 17.3. The second-order valence-corrected chi connectivity index (χ2v) is 6.84.